The lowest BCUT2D eigenvalue weighted by Crippen LogP contribution is -2.51. The van der Waals surface area contributed by atoms with Crippen LogP contribution in [0, 0.1) is 6.92 Å². The molecule has 2 rings (SSSR count). The molecule has 1 fully saturated rings. The van der Waals surface area contributed by atoms with E-state index in [2.05, 4.69) is 36.5 Å². The first-order valence-electron chi connectivity index (χ1n) is 7.75. The van der Waals surface area contributed by atoms with Gasteiger partial charge in [0.15, 0.2) is 0 Å². The Hall–Kier alpha value is -1.00. The van der Waals surface area contributed by atoms with Gasteiger partial charge in [-0.3, -0.25) is 4.79 Å². The molecular weight excluding hydrogens is 282 g/mol. The number of ether oxygens (including phenoxy) is 1. The van der Waals surface area contributed by atoms with Crippen molar-refractivity contribution in [2.45, 2.75) is 55.7 Å². The number of nitrogens with one attached hydrogen (secondary N) is 1. The zero-order chi connectivity index (χ0) is 15.3. The molecule has 116 valence electrons. The number of esters is 1. The summed E-state index contributed by atoms with van der Waals surface area (Å²) in [7, 11) is 0. The SMILES string of the molecule is CCNC1(C(=O)OCC)CCC(Sc2ccc(C)cc2)C1. The molecule has 1 aromatic carbocycles. The van der Waals surface area contributed by atoms with Gasteiger partial charge in [0.1, 0.15) is 5.54 Å². The molecule has 0 bridgehead atoms. The van der Waals surface area contributed by atoms with Crippen LogP contribution in [-0.2, 0) is 9.53 Å². The van der Waals surface area contributed by atoms with Gasteiger partial charge in [-0.25, -0.2) is 0 Å². The maximum Gasteiger partial charge on any atom is 0.326 e. The Morgan fingerprint density at radius 3 is 2.71 bits per heavy atom. The van der Waals surface area contributed by atoms with E-state index in [1.165, 1.54) is 10.5 Å². The summed E-state index contributed by atoms with van der Waals surface area (Å²) < 4.78 is 5.29. The van der Waals surface area contributed by atoms with Crippen LogP contribution in [0.3, 0.4) is 0 Å². The highest BCUT2D eigenvalue weighted by molar-refractivity contribution is 8.00. The van der Waals surface area contributed by atoms with Crippen LogP contribution in [0.15, 0.2) is 29.2 Å². The first-order chi connectivity index (χ1) is 10.1. The van der Waals surface area contributed by atoms with Crippen molar-refractivity contribution in [1.29, 1.82) is 0 Å². The Morgan fingerprint density at radius 1 is 1.38 bits per heavy atom. The lowest BCUT2D eigenvalue weighted by Gasteiger charge is -2.27. The third-order valence-corrected chi connectivity index (χ3v) is 5.25. The van der Waals surface area contributed by atoms with E-state index in [1.807, 2.05) is 25.6 Å². The minimum absolute atomic E-state index is 0.0844. The standard InChI is InChI=1S/C17H25NO2S/c1-4-18-17(16(19)20-5-2)11-10-15(12-17)21-14-8-6-13(3)7-9-14/h6-9,15,18H,4-5,10-12H2,1-3H3. The smallest absolute Gasteiger partial charge is 0.326 e. The molecular formula is C17H25NO2S. The topological polar surface area (TPSA) is 38.3 Å². The third-order valence-electron chi connectivity index (χ3n) is 3.97. The van der Waals surface area contributed by atoms with Gasteiger partial charge < -0.3 is 10.1 Å². The molecule has 0 amide bonds. The quantitative estimate of drug-likeness (QED) is 0.816. The minimum atomic E-state index is -0.479. The first kappa shape index (κ1) is 16.4. The van der Waals surface area contributed by atoms with Crippen LogP contribution in [0.2, 0.25) is 0 Å². The van der Waals surface area contributed by atoms with Crippen molar-refractivity contribution in [3.8, 4) is 0 Å². The van der Waals surface area contributed by atoms with E-state index in [9.17, 15) is 4.79 Å². The van der Waals surface area contributed by atoms with Gasteiger partial charge in [0.25, 0.3) is 0 Å². The highest BCUT2D eigenvalue weighted by Crippen LogP contribution is 2.40. The number of hydrogen-bond donors (Lipinski definition) is 1. The molecule has 2 atom stereocenters. The van der Waals surface area contributed by atoms with Crippen LogP contribution in [-0.4, -0.2) is 29.9 Å². The summed E-state index contributed by atoms with van der Waals surface area (Å²) in [5, 5.41) is 3.85. The number of carbonyl (C=O) groups excluding carboxylic acids is 1. The second-order valence-electron chi connectivity index (χ2n) is 5.63. The van der Waals surface area contributed by atoms with Gasteiger partial charge in [-0.1, -0.05) is 24.6 Å². The number of likely N-dealkylation sites (N-methyl/N-ethyl adjacent to an activating group) is 1. The molecule has 3 nitrogen and oxygen atoms in total. The largest absolute Gasteiger partial charge is 0.465 e. The van der Waals surface area contributed by atoms with Crippen molar-refractivity contribution in [1.82, 2.24) is 5.32 Å². The summed E-state index contributed by atoms with van der Waals surface area (Å²) in [4.78, 5) is 13.6. The van der Waals surface area contributed by atoms with Crippen molar-refractivity contribution >= 4 is 17.7 Å². The normalized spacial score (nSPS) is 25.0. The van der Waals surface area contributed by atoms with Gasteiger partial charge in [-0.15, -0.1) is 11.8 Å². The number of aryl methyl sites for hydroxylation is 1. The molecule has 21 heavy (non-hydrogen) atoms. The molecule has 0 saturated heterocycles. The third kappa shape index (κ3) is 4.01. The van der Waals surface area contributed by atoms with Crippen molar-refractivity contribution in [3.63, 3.8) is 0 Å². The van der Waals surface area contributed by atoms with Crippen LogP contribution >= 0.6 is 11.8 Å². The highest BCUT2D eigenvalue weighted by atomic mass is 32.2. The second kappa shape index (κ2) is 7.32. The molecule has 1 saturated carbocycles. The summed E-state index contributed by atoms with van der Waals surface area (Å²) >= 11 is 1.88. The Labute approximate surface area is 131 Å². The van der Waals surface area contributed by atoms with Gasteiger partial charge in [0.05, 0.1) is 6.61 Å². The second-order valence-corrected chi connectivity index (χ2v) is 7.00. The summed E-state index contributed by atoms with van der Waals surface area (Å²) in [5.41, 5.74) is 0.798. The van der Waals surface area contributed by atoms with Crippen molar-refractivity contribution in [3.05, 3.63) is 29.8 Å². The van der Waals surface area contributed by atoms with Gasteiger partial charge in [0, 0.05) is 10.1 Å². The van der Waals surface area contributed by atoms with Gasteiger partial charge in [-0.05, 0) is 51.8 Å². The summed E-state index contributed by atoms with van der Waals surface area (Å²) in [6.45, 7) is 7.25. The van der Waals surface area contributed by atoms with Crippen LogP contribution in [0.4, 0.5) is 0 Å². The van der Waals surface area contributed by atoms with Crippen LogP contribution in [0.5, 0.6) is 0 Å². The molecule has 4 heteroatoms. The van der Waals surface area contributed by atoms with Crippen molar-refractivity contribution in [2.75, 3.05) is 13.2 Å². The molecule has 2 unspecified atom stereocenters. The van der Waals surface area contributed by atoms with Crippen LogP contribution in [0.1, 0.15) is 38.7 Å². The summed E-state index contributed by atoms with van der Waals surface area (Å²) in [6.07, 6.45) is 2.76. The molecule has 1 aliphatic rings. The van der Waals surface area contributed by atoms with Crippen molar-refractivity contribution in [2.24, 2.45) is 0 Å². The fourth-order valence-electron chi connectivity index (χ4n) is 2.94. The molecule has 1 N–H and O–H groups in total. The average Bonchev–Trinajstić information content (AvgIpc) is 2.86. The highest BCUT2D eigenvalue weighted by Gasteiger charge is 2.46. The predicted octanol–water partition coefficient (Wildman–Crippen LogP) is 3.55. The lowest BCUT2D eigenvalue weighted by atomic mass is 9.98. The number of thioether (sulfide) groups is 1. The van der Waals surface area contributed by atoms with Crippen LogP contribution in [0.25, 0.3) is 0 Å². The molecule has 0 aliphatic heterocycles. The molecule has 0 heterocycles. The lowest BCUT2D eigenvalue weighted by molar-refractivity contribution is -0.151. The Morgan fingerprint density at radius 2 is 2.10 bits per heavy atom. The van der Waals surface area contributed by atoms with E-state index in [4.69, 9.17) is 4.74 Å². The molecule has 0 spiro atoms. The van der Waals surface area contributed by atoms with E-state index in [1.54, 1.807) is 0 Å². The van der Waals surface area contributed by atoms with E-state index in [-0.39, 0.29) is 5.97 Å². The van der Waals surface area contributed by atoms with E-state index in [0.717, 1.165) is 25.8 Å². The zero-order valence-electron chi connectivity index (χ0n) is 13.1. The molecule has 1 aromatic rings. The van der Waals surface area contributed by atoms with Crippen molar-refractivity contribution < 1.29 is 9.53 Å². The Balaban J connectivity index is 2.02. The number of carbonyl (C=O) groups is 1. The maximum absolute atomic E-state index is 12.3. The van der Waals surface area contributed by atoms with Crippen LogP contribution < -0.4 is 5.32 Å². The molecule has 0 aromatic heterocycles. The minimum Gasteiger partial charge on any atom is -0.465 e. The zero-order valence-corrected chi connectivity index (χ0v) is 14.0. The van der Waals surface area contributed by atoms with Gasteiger partial charge >= 0.3 is 5.97 Å². The fourth-order valence-corrected chi connectivity index (χ4v) is 4.22. The Bertz CT molecular complexity index is 474. The van der Waals surface area contributed by atoms with E-state index >= 15 is 0 Å². The van der Waals surface area contributed by atoms with E-state index < -0.39 is 5.54 Å². The monoisotopic (exact) mass is 307 g/mol. The van der Waals surface area contributed by atoms with Gasteiger partial charge in [0.2, 0.25) is 0 Å². The number of benzene rings is 1. The number of hydrogen-bond acceptors (Lipinski definition) is 4. The average molecular weight is 307 g/mol. The van der Waals surface area contributed by atoms with Gasteiger partial charge in [-0.2, -0.15) is 0 Å². The molecule has 1 aliphatic carbocycles. The Kier molecular flexibility index (Phi) is 5.71. The number of rotatable bonds is 6. The first-order valence-corrected chi connectivity index (χ1v) is 8.63. The fraction of sp³-hybridized carbons (Fsp3) is 0.588. The molecule has 0 radical (unpaired) electrons. The van der Waals surface area contributed by atoms with E-state index in [0.29, 0.717) is 11.9 Å². The summed E-state index contributed by atoms with van der Waals surface area (Å²) in [5.74, 6) is -0.0844. The maximum atomic E-state index is 12.3. The predicted molar refractivity (Wildman–Crippen MR) is 87.7 cm³/mol. The summed E-state index contributed by atoms with van der Waals surface area (Å²) in [6, 6.07) is 8.61.